The first-order valence-electron chi connectivity index (χ1n) is 9.08. The molecule has 0 N–H and O–H groups in total. The molecule has 0 unspecified atom stereocenters. The molecule has 1 atom stereocenters. The van der Waals surface area contributed by atoms with E-state index in [1.165, 1.54) is 4.90 Å². The van der Waals surface area contributed by atoms with E-state index in [0.29, 0.717) is 31.0 Å². The van der Waals surface area contributed by atoms with Crippen LogP contribution in [0.1, 0.15) is 30.1 Å². The van der Waals surface area contributed by atoms with Gasteiger partial charge in [-0.1, -0.05) is 25.5 Å². The van der Waals surface area contributed by atoms with E-state index in [0.717, 1.165) is 12.8 Å². The van der Waals surface area contributed by atoms with Gasteiger partial charge >= 0.3 is 0 Å². The lowest BCUT2D eigenvalue weighted by molar-refractivity contribution is -0.157. The summed E-state index contributed by atoms with van der Waals surface area (Å²) >= 11 is 0. The first-order valence-corrected chi connectivity index (χ1v) is 9.08. The molecule has 7 heteroatoms. The van der Waals surface area contributed by atoms with Crippen LogP contribution >= 0.6 is 0 Å². The van der Waals surface area contributed by atoms with Gasteiger partial charge in [-0.25, -0.2) is 0 Å². The van der Waals surface area contributed by atoms with Crippen molar-refractivity contribution in [2.45, 2.75) is 25.8 Å². The van der Waals surface area contributed by atoms with Gasteiger partial charge in [-0.05, 0) is 18.6 Å². The van der Waals surface area contributed by atoms with Crippen LogP contribution < -0.4 is 4.74 Å². The van der Waals surface area contributed by atoms with E-state index in [1.54, 1.807) is 35.0 Å². The molecule has 0 saturated carbocycles. The van der Waals surface area contributed by atoms with Crippen molar-refractivity contribution in [2.75, 3.05) is 39.8 Å². The second-order valence-electron chi connectivity index (χ2n) is 6.75. The Bertz CT molecular complexity index is 706. The number of benzene rings is 1. The first kappa shape index (κ1) is 18.2. The number of hydrogen-bond donors (Lipinski definition) is 0. The third kappa shape index (κ3) is 3.52. The van der Waals surface area contributed by atoms with Gasteiger partial charge in [-0.2, -0.15) is 0 Å². The zero-order chi connectivity index (χ0) is 18.7. The van der Waals surface area contributed by atoms with Gasteiger partial charge in [0.25, 0.3) is 5.91 Å². The largest absolute Gasteiger partial charge is 0.493 e. The standard InChI is InChI=1S/C19H25N3O4/c1-3-4-11-26-16-8-6-5-7-14(16)18(24)21-9-10-22-15(12-21)19(25)20(2)13-17(22)23/h5-8,15H,3-4,9-13H2,1-2H3/t15-/m1/s1. The normalized spacial score (nSPS) is 20.2. The number of ether oxygens (including phenoxy) is 1. The number of carbonyl (C=O) groups excluding carboxylic acids is 3. The molecule has 2 aliphatic rings. The van der Waals surface area contributed by atoms with Gasteiger partial charge < -0.3 is 19.4 Å². The van der Waals surface area contributed by atoms with Gasteiger partial charge in [0.1, 0.15) is 11.8 Å². The Balaban J connectivity index is 1.75. The SMILES string of the molecule is CCCCOc1ccccc1C(=O)N1CCN2C(=O)CN(C)C(=O)[C@H]2C1. The second kappa shape index (κ2) is 7.76. The third-order valence-electron chi connectivity index (χ3n) is 4.89. The number of fused-ring (bicyclic) bond motifs is 1. The Kier molecular flexibility index (Phi) is 5.44. The molecule has 140 valence electrons. The van der Waals surface area contributed by atoms with E-state index in [4.69, 9.17) is 4.74 Å². The van der Waals surface area contributed by atoms with Crippen molar-refractivity contribution in [1.82, 2.24) is 14.7 Å². The summed E-state index contributed by atoms with van der Waals surface area (Å²) in [7, 11) is 1.62. The fraction of sp³-hybridized carbons (Fsp3) is 0.526. The Morgan fingerprint density at radius 3 is 2.77 bits per heavy atom. The van der Waals surface area contributed by atoms with Gasteiger partial charge in [0, 0.05) is 20.1 Å². The predicted octanol–water partition coefficient (Wildman–Crippen LogP) is 0.990. The molecule has 0 radical (unpaired) electrons. The van der Waals surface area contributed by atoms with Crippen LogP contribution in [-0.4, -0.2) is 78.3 Å². The minimum absolute atomic E-state index is 0.0625. The lowest BCUT2D eigenvalue weighted by Crippen LogP contribution is -2.66. The molecule has 0 aromatic heterocycles. The van der Waals surface area contributed by atoms with Crippen molar-refractivity contribution < 1.29 is 19.1 Å². The third-order valence-corrected chi connectivity index (χ3v) is 4.89. The summed E-state index contributed by atoms with van der Waals surface area (Å²) in [5.41, 5.74) is 0.500. The summed E-state index contributed by atoms with van der Waals surface area (Å²) in [4.78, 5) is 42.2. The molecule has 7 nitrogen and oxygen atoms in total. The van der Waals surface area contributed by atoms with Crippen molar-refractivity contribution in [3.05, 3.63) is 29.8 Å². The maximum absolute atomic E-state index is 13.0. The first-order chi connectivity index (χ1) is 12.5. The number of amides is 3. The van der Waals surface area contributed by atoms with Gasteiger partial charge in [0.15, 0.2) is 0 Å². The number of hydrogen-bond acceptors (Lipinski definition) is 4. The van der Waals surface area contributed by atoms with Gasteiger partial charge in [0.2, 0.25) is 11.8 Å². The molecule has 2 aliphatic heterocycles. The van der Waals surface area contributed by atoms with Crippen LogP contribution in [0.3, 0.4) is 0 Å². The van der Waals surface area contributed by atoms with Crippen LogP contribution in [-0.2, 0) is 9.59 Å². The maximum Gasteiger partial charge on any atom is 0.257 e. The second-order valence-corrected chi connectivity index (χ2v) is 6.75. The van der Waals surface area contributed by atoms with E-state index < -0.39 is 6.04 Å². The number of carbonyl (C=O) groups is 3. The monoisotopic (exact) mass is 359 g/mol. The topological polar surface area (TPSA) is 70.2 Å². The Morgan fingerprint density at radius 2 is 2.00 bits per heavy atom. The van der Waals surface area contributed by atoms with Crippen LogP contribution in [0.2, 0.25) is 0 Å². The molecule has 2 saturated heterocycles. The Morgan fingerprint density at radius 1 is 1.23 bits per heavy atom. The minimum Gasteiger partial charge on any atom is -0.493 e. The summed E-state index contributed by atoms with van der Waals surface area (Å²) in [5, 5.41) is 0. The molecular weight excluding hydrogens is 334 g/mol. The number of likely N-dealkylation sites (N-methyl/N-ethyl adjacent to an activating group) is 1. The molecule has 3 amide bonds. The lowest BCUT2D eigenvalue weighted by atomic mass is 10.1. The average molecular weight is 359 g/mol. The fourth-order valence-electron chi connectivity index (χ4n) is 3.37. The van der Waals surface area contributed by atoms with Crippen LogP contribution in [0.4, 0.5) is 0 Å². The minimum atomic E-state index is -0.591. The van der Waals surface area contributed by atoms with Gasteiger partial charge in [-0.15, -0.1) is 0 Å². The molecule has 1 aromatic rings. The molecule has 1 aromatic carbocycles. The number of para-hydroxylation sites is 1. The molecule has 26 heavy (non-hydrogen) atoms. The summed E-state index contributed by atoms with van der Waals surface area (Å²) < 4.78 is 5.76. The molecular formula is C19H25N3O4. The van der Waals surface area contributed by atoms with Crippen molar-refractivity contribution in [3.8, 4) is 5.75 Å². The van der Waals surface area contributed by atoms with Crippen LogP contribution in [0, 0.1) is 0 Å². The zero-order valence-corrected chi connectivity index (χ0v) is 15.3. The van der Waals surface area contributed by atoms with E-state index in [9.17, 15) is 14.4 Å². The Labute approximate surface area is 153 Å². The summed E-state index contributed by atoms with van der Waals surface area (Å²) in [5.74, 6) is 0.226. The average Bonchev–Trinajstić information content (AvgIpc) is 2.66. The highest BCUT2D eigenvalue weighted by molar-refractivity contribution is 5.99. The maximum atomic E-state index is 13.0. The highest BCUT2D eigenvalue weighted by atomic mass is 16.5. The fourth-order valence-corrected chi connectivity index (χ4v) is 3.37. The zero-order valence-electron chi connectivity index (χ0n) is 15.3. The van der Waals surface area contributed by atoms with Crippen molar-refractivity contribution >= 4 is 17.7 Å². The van der Waals surface area contributed by atoms with E-state index >= 15 is 0 Å². The summed E-state index contributed by atoms with van der Waals surface area (Å²) in [6.07, 6.45) is 1.94. The van der Waals surface area contributed by atoms with Crippen LogP contribution in [0.5, 0.6) is 5.75 Å². The molecule has 3 rings (SSSR count). The predicted molar refractivity (Wildman–Crippen MR) is 95.9 cm³/mol. The summed E-state index contributed by atoms with van der Waals surface area (Å²) in [6, 6.07) is 6.60. The molecule has 2 heterocycles. The quantitative estimate of drug-likeness (QED) is 0.735. The van der Waals surface area contributed by atoms with Crippen LogP contribution in [0.15, 0.2) is 24.3 Å². The number of piperazine rings is 2. The smallest absolute Gasteiger partial charge is 0.257 e. The Hall–Kier alpha value is -2.57. The van der Waals surface area contributed by atoms with Crippen molar-refractivity contribution in [2.24, 2.45) is 0 Å². The molecule has 0 spiro atoms. The van der Waals surface area contributed by atoms with E-state index in [2.05, 4.69) is 6.92 Å². The van der Waals surface area contributed by atoms with Crippen molar-refractivity contribution in [1.29, 1.82) is 0 Å². The van der Waals surface area contributed by atoms with E-state index in [-0.39, 0.29) is 30.8 Å². The summed E-state index contributed by atoms with van der Waals surface area (Å²) in [6.45, 7) is 3.78. The molecule has 0 bridgehead atoms. The highest BCUT2D eigenvalue weighted by Gasteiger charge is 2.42. The molecule has 0 aliphatic carbocycles. The van der Waals surface area contributed by atoms with E-state index in [1.807, 2.05) is 6.07 Å². The number of rotatable bonds is 5. The van der Waals surface area contributed by atoms with Gasteiger partial charge in [-0.3, -0.25) is 14.4 Å². The number of unbranched alkanes of at least 4 members (excludes halogenated alkanes) is 1. The van der Waals surface area contributed by atoms with Gasteiger partial charge in [0.05, 0.1) is 25.3 Å². The van der Waals surface area contributed by atoms with Crippen LogP contribution in [0.25, 0.3) is 0 Å². The lowest BCUT2D eigenvalue weighted by Gasteiger charge is -2.45. The molecule has 2 fully saturated rings. The van der Waals surface area contributed by atoms with Crippen molar-refractivity contribution in [3.63, 3.8) is 0 Å². The highest BCUT2D eigenvalue weighted by Crippen LogP contribution is 2.23. The number of nitrogens with zero attached hydrogens (tertiary/aromatic N) is 3.